The van der Waals surface area contributed by atoms with Gasteiger partial charge in [0, 0.05) is 29.9 Å². The van der Waals surface area contributed by atoms with Gasteiger partial charge in [-0.25, -0.2) is 0 Å². The van der Waals surface area contributed by atoms with Crippen LogP contribution in [0.25, 0.3) is 10.9 Å². The molecule has 0 aliphatic carbocycles. The molecule has 2 aromatic rings. The van der Waals surface area contributed by atoms with Gasteiger partial charge in [0.2, 0.25) is 29.5 Å². The quantitative estimate of drug-likeness (QED) is 0.220. The van der Waals surface area contributed by atoms with Gasteiger partial charge in [0.05, 0.1) is 0 Å². The van der Waals surface area contributed by atoms with E-state index in [1.54, 1.807) is 6.20 Å². The van der Waals surface area contributed by atoms with E-state index in [9.17, 15) is 33.9 Å². The Bertz CT molecular complexity index is 1370. The molecule has 0 radical (unpaired) electrons. The van der Waals surface area contributed by atoms with Crippen LogP contribution >= 0.6 is 0 Å². The van der Waals surface area contributed by atoms with Crippen molar-refractivity contribution in [1.82, 2.24) is 31.6 Å². The highest BCUT2D eigenvalue weighted by Crippen LogP contribution is 2.20. The second-order valence-electron chi connectivity index (χ2n) is 12.2. The number of rotatable bonds is 9. The van der Waals surface area contributed by atoms with Crippen LogP contribution in [0.1, 0.15) is 65.9 Å². The van der Waals surface area contributed by atoms with Crippen molar-refractivity contribution in [2.45, 2.75) is 96.9 Å². The summed E-state index contributed by atoms with van der Waals surface area (Å²) in [5, 5.41) is 23.5. The number of nitrogens with one attached hydrogen (secondary N) is 6. The lowest BCUT2D eigenvalue weighted by Crippen LogP contribution is -2.58. The summed E-state index contributed by atoms with van der Waals surface area (Å²) >= 11 is 0. The number of benzene rings is 1. The molecule has 7 N–H and O–H groups in total. The maximum Gasteiger partial charge on any atom is 0.303 e. The minimum atomic E-state index is -1.31. The molecule has 0 spiro atoms. The number of carboxylic acids is 1. The Morgan fingerprint density at radius 3 is 1.82 bits per heavy atom. The number of amides is 5. The van der Waals surface area contributed by atoms with Crippen LogP contribution in [0.15, 0.2) is 30.5 Å². The summed E-state index contributed by atoms with van der Waals surface area (Å²) in [5.74, 6) is -4.44. The van der Waals surface area contributed by atoms with Crippen molar-refractivity contribution in [3.05, 3.63) is 36.0 Å². The van der Waals surface area contributed by atoms with Gasteiger partial charge in [-0.05, 0) is 49.7 Å². The number of H-pyrrole nitrogens is 1. The predicted octanol–water partition coefficient (Wildman–Crippen LogP) is 1.12. The zero-order valence-corrected chi connectivity index (χ0v) is 25.9. The maximum absolute atomic E-state index is 13.8. The van der Waals surface area contributed by atoms with E-state index in [-0.39, 0.29) is 37.5 Å². The topological polar surface area (TPSA) is 199 Å². The molecule has 5 amide bonds. The third-order valence-corrected chi connectivity index (χ3v) is 7.44. The van der Waals surface area contributed by atoms with E-state index in [1.165, 1.54) is 6.92 Å². The Labute approximate surface area is 256 Å². The lowest BCUT2D eigenvalue weighted by Gasteiger charge is -2.27. The average molecular weight is 613 g/mol. The van der Waals surface area contributed by atoms with Crippen LogP contribution in [-0.4, -0.2) is 75.8 Å². The van der Waals surface area contributed by atoms with E-state index in [4.69, 9.17) is 0 Å². The van der Waals surface area contributed by atoms with Crippen molar-refractivity contribution in [1.29, 1.82) is 0 Å². The van der Waals surface area contributed by atoms with Gasteiger partial charge in [0.25, 0.3) is 0 Å². The molecule has 0 saturated carbocycles. The van der Waals surface area contributed by atoms with Gasteiger partial charge in [-0.3, -0.25) is 28.8 Å². The van der Waals surface area contributed by atoms with Crippen molar-refractivity contribution < 1.29 is 33.9 Å². The highest BCUT2D eigenvalue weighted by molar-refractivity contribution is 5.98. The van der Waals surface area contributed by atoms with Crippen LogP contribution < -0.4 is 26.6 Å². The van der Waals surface area contributed by atoms with Crippen LogP contribution in [0.2, 0.25) is 0 Å². The number of fused-ring (bicyclic) bond motifs is 1. The third-order valence-electron chi connectivity index (χ3n) is 7.44. The normalized spacial score (nSPS) is 24.2. The van der Waals surface area contributed by atoms with Crippen molar-refractivity contribution in [3.8, 4) is 0 Å². The first-order chi connectivity index (χ1) is 20.7. The number of aromatic amines is 1. The SMILES string of the molecule is CC(C)C[C@@H]1NC(=O)[C@@H](CC(C)C)NC(=O)[C@H](Cc2c[nH]c3ccccc23)NC(=O)[C@H](CCC(=O)O)NC(=O)[C@@H](C)NC1=O. The summed E-state index contributed by atoms with van der Waals surface area (Å²) in [5.41, 5.74) is 1.56. The molecule has 1 fully saturated rings. The number of hydrogen-bond acceptors (Lipinski definition) is 6. The number of para-hydroxylation sites is 1. The summed E-state index contributed by atoms with van der Waals surface area (Å²) in [4.78, 5) is 81.8. The zero-order chi connectivity index (χ0) is 32.6. The van der Waals surface area contributed by atoms with Gasteiger partial charge in [-0.2, -0.15) is 0 Å². The molecule has 1 aliphatic rings. The molecular formula is C31H44N6O7. The van der Waals surface area contributed by atoms with Crippen molar-refractivity contribution >= 4 is 46.4 Å². The molecule has 0 bridgehead atoms. The molecule has 1 aromatic carbocycles. The first-order valence-electron chi connectivity index (χ1n) is 15.0. The summed E-state index contributed by atoms with van der Waals surface area (Å²) in [7, 11) is 0. The highest BCUT2D eigenvalue weighted by Gasteiger charge is 2.34. The van der Waals surface area contributed by atoms with Crippen molar-refractivity contribution in [3.63, 3.8) is 0 Å². The zero-order valence-electron chi connectivity index (χ0n) is 25.9. The van der Waals surface area contributed by atoms with E-state index in [0.29, 0.717) is 0 Å². The Morgan fingerprint density at radius 1 is 0.727 bits per heavy atom. The van der Waals surface area contributed by atoms with Gasteiger partial charge in [0.1, 0.15) is 30.2 Å². The number of aromatic nitrogens is 1. The fraction of sp³-hybridized carbons (Fsp3) is 0.548. The Balaban J connectivity index is 2.04. The van der Waals surface area contributed by atoms with Crippen LogP contribution in [0.5, 0.6) is 0 Å². The van der Waals surface area contributed by atoms with Crippen LogP contribution in [0.4, 0.5) is 0 Å². The van der Waals surface area contributed by atoms with E-state index >= 15 is 0 Å². The summed E-state index contributed by atoms with van der Waals surface area (Å²) < 4.78 is 0. The Hall–Kier alpha value is -4.42. The van der Waals surface area contributed by atoms with Gasteiger partial charge in [-0.15, -0.1) is 0 Å². The first-order valence-corrected chi connectivity index (χ1v) is 15.0. The lowest BCUT2D eigenvalue weighted by atomic mass is 9.99. The second kappa shape index (κ2) is 15.3. The largest absolute Gasteiger partial charge is 0.481 e. The molecule has 5 atom stereocenters. The molecule has 1 aromatic heterocycles. The Morgan fingerprint density at radius 2 is 1.23 bits per heavy atom. The van der Waals surface area contributed by atoms with E-state index in [1.807, 2.05) is 52.0 Å². The minimum Gasteiger partial charge on any atom is -0.481 e. The second-order valence-corrected chi connectivity index (χ2v) is 12.2. The maximum atomic E-state index is 13.8. The van der Waals surface area contributed by atoms with Crippen molar-refractivity contribution in [2.24, 2.45) is 11.8 Å². The molecule has 0 unspecified atom stereocenters. The summed E-state index contributed by atoms with van der Waals surface area (Å²) in [6.45, 7) is 8.99. The fourth-order valence-electron chi connectivity index (χ4n) is 5.17. The number of carbonyl (C=O) groups excluding carboxylic acids is 5. The molecule has 240 valence electrons. The smallest absolute Gasteiger partial charge is 0.303 e. The number of aliphatic carboxylic acids is 1. The minimum absolute atomic E-state index is 0.00518. The third kappa shape index (κ3) is 9.55. The standard InChI is InChI=1S/C31H44N6O7/c1-16(2)12-23-29(42)33-18(5)27(40)34-22(10-11-26(38)39)28(41)37-25(14-19-15-32-21-9-7-6-8-20(19)21)31(44)36-24(13-17(3)4)30(43)35-23/h6-9,15-18,22-25,32H,10-14H2,1-5H3,(H,33,42)(H,34,40)(H,35,43)(H,36,44)(H,37,41)(H,38,39)/t18-,22+,23+,24-,25+/m1/s1. The van der Waals surface area contributed by atoms with E-state index in [2.05, 4.69) is 31.6 Å². The molecule has 1 saturated heterocycles. The average Bonchev–Trinajstić information content (AvgIpc) is 3.35. The van der Waals surface area contributed by atoms with Crippen molar-refractivity contribution in [2.75, 3.05) is 0 Å². The Kier molecular flexibility index (Phi) is 11.9. The fourth-order valence-corrected chi connectivity index (χ4v) is 5.17. The van der Waals surface area contributed by atoms with Gasteiger partial charge in [0.15, 0.2) is 0 Å². The number of carbonyl (C=O) groups is 6. The predicted molar refractivity (Wildman–Crippen MR) is 163 cm³/mol. The molecule has 2 heterocycles. The van der Waals surface area contributed by atoms with Gasteiger partial charge >= 0.3 is 5.97 Å². The summed E-state index contributed by atoms with van der Waals surface area (Å²) in [6, 6.07) is 1.86. The lowest BCUT2D eigenvalue weighted by molar-refractivity contribution is -0.138. The molecular weight excluding hydrogens is 568 g/mol. The number of carboxylic acid groups (broad SMARTS) is 1. The first kappa shape index (κ1) is 34.1. The van der Waals surface area contributed by atoms with Gasteiger partial charge in [-0.1, -0.05) is 45.9 Å². The van der Waals surface area contributed by atoms with Gasteiger partial charge < -0.3 is 36.7 Å². The molecule has 3 rings (SSSR count). The number of hydrogen-bond donors (Lipinski definition) is 7. The molecule has 1 aliphatic heterocycles. The molecule has 44 heavy (non-hydrogen) atoms. The van der Waals surface area contributed by atoms with E-state index < -0.39 is 72.1 Å². The van der Waals surface area contributed by atoms with E-state index in [0.717, 1.165) is 16.5 Å². The molecule has 13 nitrogen and oxygen atoms in total. The monoisotopic (exact) mass is 612 g/mol. The summed E-state index contributed by atoms with van der Waals surface area (Å²) in [6.07, 6.45) is 1.64. The van der Waals surface area contributed by atoms with Crippen LogP contribution in [0, 0.1) is 11.8 Å². The molecule has 13 heteroatoms. The highest BCUT2D eigenvalue weighted by atomic mass is 16.4. The van der Waals surface area contributed by atoms with Crippen LogP contribution in [0.3, 0.4) is 0 Å². The van der Waals surface area contributed by atoms with Crippen LogP contribution in [-0.2, 0) is 35.2 Å².